The predicted molar refractivity (Wildman–Crippen MR) is 105 cm³/mol. The van der Waals surface area contributed by atoms with Gasteiger partial charge in [0.05, 0.1) is 0 Å². The number of rotatable bonds is 3. The van der Waals surface area contributed by atoms with Gasteiger partial charge in [-0.25, -0.2) is 0 Å². The molecule has 124 valence electrons. The molecule has 0 radical (unpaired) electrons. The Morgan fingerprint density at radius 3 is 2.25 bits per heavy atom. The monoisotopic (exact) mass is 316 g/mol. The van der Waals surface area contributed by atoms with Crippen molar-refractivity contribution in [3.63, 3.8) is 0 Å². The predicted octanol–water partition coefficient (Wildman–Crippen LogP) is 6.88. The molecule has 2 unspecified atom stereocenters. The van der Waals surface area contributed by atoms with Gasteiger partial charge in [0, 0.05) is 5.92 Å². The minimum Gasteiger partial charge on any atom is -0.0758 e. The third kappa shape index (κ3) is 2.98. The van der Waals surface area contributed by atoms with Gasteiger partial charge in [0.2, 0.25) is 0 Å². The molecule has 2 aromatic rings. The Balaban J connectivity index is 2.03. The van der Waals surface area contributed by atoms with Gasteiger partial charge in [0.25, 0.3) is 0 Å². The maximum atomic E-state index is 2.41. The van der Waals surface area contributed by atoms with Crippen LogP contribution < -0.4 is 0 Å². The van der Waals surface area contributed by atoms with Crippen LogP contribution in [0.3, 0.4) is 0 Å². The molecule has 0 nitrogen and oxygen atoms in total. The molecule has 0 N–H and O–H groups in total. The molecule has 0 amide bonds. The zero-order valence-electron chi connectivity index (χ0n) is 15.5. The highest BCUT2D eigenvalue weighted by molar-refractivity contribution is 5.80. The van der Waals surface area contributed by atoms with Crippen molar-refractivity contribution in [2.45, 2.75) is 46.5 Å². The van der Waals surface area contributed by atoms with Crippen LogP contribution in [0, 0.1) is 12.8 Å². The van der Waals surface area contributed by atoms with Crippen LogP contribution in [0.15, 0.2) is 66.3 Å². The summed E-state index contributed by atoms with van der Waals surface area (Å²) >= 11 is 0. The average molecular weight is 316 g/mol. The summed E-state index contributed by atoms with van der Waals surface area (Å²) in [6.07, 6.45) is 4.76. The normalized spacial score (nSPS) is 20.8. The van der Waals surface area contributed by atoms with Crippen LogP contribution in [0.1, 0.15) is 61.8 Å². The lowest BCUT2D eigenvalue weighted by molar-refractivity contribution is 0.599. The maximum Gasteiger partial charge on any atom is 0.00869 e. The molecule has 0 spiro atoms. The van der Waals surface area contributed by atoms with E-state index in [2.05, 4.69) is 95.3 Å². The van der Waals surface area contributed by atoms with E-state index in [4.69, 9.17) is 0 Å². The van der Waals surface area contributed by atoms with Crippen molar-refractivity contribution in [2.75, 3.05) is 0 Å². The quantitative estimate of drug-likeness (QED) is 0.579. The second-order valence-electron chi connectivity index (χ2n) is 7.37. The summed E-state index contributed by atoms with van der Waals surface area (Å²) < 4.78 is 0. The van der Waals surface area contributed by atoms with Crippen molar-refractivity contribution in [2.24, 2.45) is 5.92 Å². The second-order valence-corrected chi connectivity index (χ2v) is 7.37. The standard InChI is InChI=1S/C24H28/c1-16(2)20-11-8-9-13-24(20)23-15-14-22(18(4)19(23)5)21-12-7-6-10-17(21)3/h6-16,18,22H,1-5H3. The zero-order valence-corrected chi connectivity index (χ0v) is 15.5. The lowest BCUT2D eigenvalue weighted by atomic mass is 9.74. The molecule has 0 heterocycles. The minimum absolute atomic E-state index is 0.473. The molecular weight excluding hydrogens is 288 g/mol. The van der Waals surface area contributed by atoms with Crippen molar-refractivity contribution in [1.82, 2.24) is 0 Å². The molecule has 1 aliphatic carbocycles. The maximum absolute atomic E-state index is 2.41. The van der Waals surface area contributed by atoms with Gasteiger partial charge in [-0.15, -0.1) is 0 Å². The van der Waals surface area contributed by atoms with Crippen LogP contribution in [-0.2, 0) is 0 Å². The first-order valence-corrected chi connectivity index (χ1v) is 9.04. The van der Waals surface area contributed by atoms with E-state index < -0.39 is 0 Å². The van der Waals surface area contributed by atoms with Crippen LogP contribution in [0.2, 0.25) is 0 Å². The molecule has 0 saturated carbocycles. The summed E-state index contributed by atoms with van der Waals surface area (Å²) in [5.41, 5.74) is 8.60. The van der Waals surface area contributed by atoms with Gasteiger partial charge in [-0.05, 0) is 53.5 Å². The van der Waals surface area contributed by atoms with Crippen LogP contribution in [0.25, 0.3) is 5.57 Å². The fourth-order valence-electron chi connectivity index (χ4n) is 3.89. The first-order chi connectivity index (χ1) is 11.5. The minimum atomic E-state index is 0.473. The zero-order chi connectivity index (χ0) is 17.3. The van der Waals surface area contributed by atoms with Gasteiger partial charge in [0.15, 0.2) is 0 Å². The highest BCUT2D eigenvalue weighted by Crippen LogP contribution is 2.41. The van der Waals surface area contributed by atoms with E-state index in [1.807, 2.05) is 0 Å². The van der Waals surface area contributed by atoms with Gasteiger partial charge in [-0.2, -0.15) is 0 Å². The summed E-state index contributed by atoms with van der Waals surface area (Å²) in [6, 6.07) is 17.6. The molecule has 0 aromatic heterocycles. The molecule has 3 rings (SSSR count). The Bertz CT molecular complexity index is 789. The Labute approximate surface area is 146 Å². The molecule has 2 aromatic carbocycles. The third-order valence-corrected chi connectivity index (χ3v) is 5.54. The van der Waals surface area contributed by atoms with Crippen molar-refractivity contribution in [1.29, 1.82) is 0 Å². The Morgan fingerprint density at radius 2 is 1.54 bits per heavy atom. The largest absolute Gasteiger partial charge is 0.0758 e. The number of hydrogen-bond donors (Lipinski definition) is 0. The first kappa shape index (κ1) is 16.8. The Morgan fingerprint density at radius 1 is 0.875 bits per heavy atom. The SMILES string of the molecule is CC1=C(c2ccccc2C(C)C)C=CC(c2ccccc2C)C1C. The molecule has 1 aliphatic rings. The molecule has 0 bridgehead atoms. The van der Waals surface area contributed by atoms with Gasteiger partial charge < -0.3 is 0 Å². The number of benzene rings is 2. The number of allylic oxidation sites excluding steroid dienone is 4. The molecule has 0 saturated heterocycles. The van der Waals surface area contributed by atoms with Crippen LogP contribution >= 0.6 is 0 Å². The van der Waals surface area contributed by atoms with Crippen molar-refractivity contribution < 1.29 is 0 Å². The fraction of sp³-hybridized carbons (Fsp3) is 0.333. The van der Waals surface area contributed by atoms with Gasteiger partial charge in [0.1, 0.15) is 0 Å². The van der Waals surface area contributed by atoms with E-state index in [0.29, 0.717) is 17.8 Å². The van der Waals surface area contributed by atoms with E-state index >= 15 is 0 Å². The fourth-order valence-corrected chi connectivity index (χ4v) is 3.89. The van der Waals surface area contributed by atoms with E-state index in [1.54, 1.807) is 0 Å². The van der Waals surface area contributed by atoms with Gasteiger partial charge in [-0.3, -0.25) is 0 Å². The third-order valence-electron chi connectivity index (χ3n) is 5.54. The molecule has 0 heteroatoms. The van der Waals surface area contributed by atoms with Crippen LogP contribution in [0.5, 0.6) is 0 Å². The van der Waals surface area contributed by atoms with Gasteiger partial charge in [-0.1, -0.05) is 87.0 Å². The molecule has 24 heavy (non-hydrogen) atoms. The highest BCUT2D eigenvalue weighted by Gasteiger charge is 2.25. The molecule has 0 fully saturated rings. The molecular formula is C24H28. The second kappa shape index (κ2) is 6.81. The smallest absolute Gasteiger partial charge is 0.00869 e. The number of hydrogen-bond acceptors (Lipinski definition) is 0. The summed E-state index contributed by atoms with van der Waals surface area (Å²) in [4.78, 5) is 0. The topological polar surface area (TPSA) is 0 Å². The van der Waals surface area contributed by atoms with Crippen molar-refractivity contribution >= 4 is 5.57 Å². The van der Waals surface area contributed by atoms with Crippen molar-refractivity contribution in [3.05, 3.63) is 88.5 Å². The lowest BCUT2D eigenvalue weighted by Gasteiger charge is -2.30. The van der Waals surface area contributed by atoms with Crippen molar-refractivity contribution in [3.8, 4) is 0 Å². The summed E-state index contributed by atoms with van der Waals surface area (Å²) in [7, 11) is 0. The summed E-state index contributed by atoms with van der Waals surface area (Å²) in [5.74, 6) is 1.53. The van der Waals surface area contributed by atoms with E-state index in [1.165, 1.54) is 33.4 Å². The summed E-state index contributed by atoms with van der Waals surface area (Å²) in [5, 5.41) is 0. The Kier molecular flexibility index (Phi) is 4.76. The van der Waals surface area contributed by atoms with E-state index in [0.717, 1.165) is 0 Å². The van der Waals surface area contributed by atoms with Gasteiger partial charge >= 0.3 is 0 Å². The average Bonchev–Trinajstić information content (AvgIpc) is 2.58. The van der Waals surface area contributed by atoms with Crippen LogP contribution in [0.4, 0.5) is 0 Å². The lowest BCUT2D eigenvalue weighted by Crippen LogP contribution is -2.15. The van der Waals surface area contributed by atoms with E-state index in [9.17, 15) is 0 Å². The molecule has 0 aliphatic heterocycles. The van der Waals surface area contributed by atoms with E-state index in [-0.39, 0.29) is 0 Å². The number of aryl methyl sites for hydroxylation is 1. The summed E-state index contributed by atoms with van der Waals surface area (Å²) in [6.45, 7) is 11.5. The van der Waals surface area contributed by atoms with Crippen LogP contribution in [-0.4, -0.2) is 0 Å². The Hall–Kier alpha value is -2.08. The molecule has 2 atom stereocenters. The highest BCUT2D eigenvalue weighted by atomic mass is 14.3. The first-order valence-electron chi connectivity index (χ1n) is 9.04.